The van der Waals surface area contributed by atoms with E-state index in [4.69, 9.17) is 34.8 Å². The molecule has 0 heterocycles. The molecule has 90 valence electrons. The molecular weight excluding hydrogens is 275 g/mol. The Balaban J connectivity index is 0.000000181. The quantitative estimate of drug-likeness (QED) is 0.561. The minimum atomic E-state index is 0.570. The molecule has 0 nitrogen and oxygen atoms in total. The van der Waals surface area contributed by atoms with Crippen LogP contribution in [0.1, 0.15) is 11.1 Å². The lowest BCUT2D eigenvalue weighted by Crippen LogP contribution is -1.76. The molecule has 0 aliphatic carbocycles. The predicted octanol–water partition coefficient (Wildman–Crippen LogP) is 5.95. The molecule has 0 saturated carbocycles. The third kappa shape index (κ3) is 4.99. The fraction of sp³-hybridized carbons (Fsp3) is 0.143. The van der Waals surface area contributed by atoms with Crippen LogP contribution in [0.5, 0.6) is 0 Å². The van der Waals surface area contributed by atoms with Crippen molar-refractivity contribution in [3.05, 3.63) is 68.7 Å². The van der Waals surface area contributed by atoms with Gasteiger partial charge in [-0.05, 0) is 31.5 Å². The van der Waals surface area contributed by atoms with Crippen LogP contribution in [0.3, 0.4) is 0 Å². The summed E-state index contributed by atoms with van der Waals surface area (Å²) >= 11 is 17.2. The van der Waals surface area contributed by atoms with Crippen LogP contribution >= 0.6 is 34.8 Å². The first-order chi connectivity index (χ1) is 8.00. The number of benzene rings is 2. The molecule has 0 amide bonds. The van der Waals surface area contributed by atoms with Crippen molar-refractivity contribution in [2.24, 2.45) is 0 Å². The summed E-state index contributed by atoms with van der Waals surface area (Å²) in [5, 5.41) is 1.79. The van der Waals surface area contributed by atoms with E-state index in [1.54, 1.807) is 12.1 Å². The molecule has 0 saturated heterocycles. The van der Waals surface area contributed by atoms with E-state index in [2.05, 4.69) is 19.1 Å². The zero-order valence-corrected chi connectivity index (χ0v) is 11.9. The van der Waals surface area contributed by atoms with Gasteiger partial charge in [-0.3, -0.25) is 0 Å². The van der Waals surface area contributed by atoms with Crippen molar-refractivity contribution in [3.8, 4) is 0 Å². The van der Waals surface area contributed by atoms with Crippen LogP contribution in [0.25, 0.3) is 0 Å². The van der Waals surface area contributed by atoms with Crippen LogP contribution < -0.4 is 0 Å². The van der Waals surface area contributed by atoms with Gasteiger partial charge < -0.3 is 0 Å². The Hall–Kier alpha value is -0.690. The molecule has 0 atom stereocenters. The summed E-state index contributed by atoms with van der Waals surface area (Å²) in [6.07, 6.45) is 0. The molecule has 0 aromatic heterocycles. The first-order valence-corrected chi connectivity index (χ1v) is 6.27. The van der Waals surface area contributed by atoms with E-state index < -0.39 is 0 Å². The summed E-state index contributed by atoms with van der Waals surface area (Å²) in [6, 6.07) is 13.6. The average Bonchev–Trinajstić information content (AvgIpc) is 2.27. The van der Waals surface area contributed by atoms with E-state index in [9.17, 15) is 0 Å². The highest BCUT2D eigenvalue weighted by Crippen LogP contribution is 2.27. The van der Waals surface area contributed by atoms with Gasteiger partial charge in [-0.25, -0.2) is 0 Å². The number of rotatable bonds is 0. The molecule has 0 bridgehead atoms. The second-order valence-electron chi connectivity index (χ2n) is 3.65. The Bertz CT molecular complexity index is 455. The van der Waals surface area contributed by atoms with Crippen molar-refractivity contribution >= 4 is 34.8 Å². The average molecular weight is 288 g/mol. The van der Waals surface area contributed by atoms with E-state index in [0.29, 0.717) is 15.1 Å². The van der Waals surface area contributed by atoms with Crippen molar-refractivity contribution in [1.82, 2.24) is 0 Å². The number of aryl methyl sites for hydroxylation is 1. The summed E-state index contributed by atoms with van der Waals surface area (Å²) in [6.45, 7) is 3.93. The summed E-state index contributed by atoms with van der Waals surface area (Å²) in [4.78, 5) is 0. The molecule has 0 aliphatic heterocycles. The van der Waals surface area contributed by atoms with Gasteiger partial charge in [-0.2, -0.15) is 0 Å². The SMILES string of the molecule is Cc1c(Cl)cc(Cl)cc1Cl.Cc1ccccc1. The molecule has 17 heavy (non-hydrogen) atoms. The van der Waals surface area contributed by atoms with E-state index in [1.165, 1.54) is 5.56 Å². The van der Waals surface area contributed by atoms with Crippen molar-refractivity contribution in [2.45, 2.75) is 13.8 Å². The Kier molecular flexibility index (Phi) is 5.84. The normalized spacial score (nSPS) is 9.47. The molecule has 0 radical (unpaired) electrons. The van der Waals surface area contributed by atoms with Gasteiger partial charge >= 0.3 is 0 Å². The number of hydrogen-bond donors (Lipinski definition) is 0. The van der Waals surface area contributed by atoms with E-state index in [1.807, 2.05) is 25.1 Å². The molecule has 0 spiro atoms. The maximum Gasteiger partial charge on any atom is 0.0464 e. The van der Waals surface area contributed by atoms with Crippen molar-refractivity contribution < 1.29 is 0 Å². The molecule has 2 aromatic carbocycles. The lowest BCUT2D eigenvalue weighted by Gasteiger charge is -1.99. The van der Waals surface area contributed by atoms with Gasteiger partial charge in [0.1, 0.15) is 0 Å². The smallest absolute Gasteiger partial charge is 0.0464 e. The standard InChI is InChI=1S/C7H5Cl3.C7H8/c1-4-6(9)2-5(8)3-7(4)10;1-7-5-3-2-4-6-7/h2-3H,1H3;2-6H,1H3. The minimum Gasteiger partial charge on any atom is -0.0842 e. The topological polar surface area (TPSA) is 0 Å². The van der Waals surface area contributed by atoms with Gasteiger partial charge in [0.05, 0.1) is 0 Å². The Morgan fingerprint density at radius 1 is 0.765 bits per heavy atom. The summed E-state index contributed by atoms with van der Waals surface area (Å²) < 4.78 is 0. The summed E-state index contributed by atoms with van der Waals surface area (Å²) in [5.74, 6) is 0. The highest BCUT2D eigenvalue weighted by atomic mass is 35.5. The highest BCUT2D eigenvalue weighted by molar-refractivity contribution is 6.39. The second kappa shape index (κ2) is 6.90. The predicted molar refractivity (Wildman–Crippen MR) is 77.4 cm³/mol. The lowest BCUT2D eigenvalue weighted by molar-refractivity contribution is 1.47. The molecule has 0 N–H and O–H groups in total. The van der Waals surface area contributed by atoms with Gasteiger partial charge in [0.25, 0.3) is 0 Å². The molecule has 2 rings (SSSR count). The third-order valence-electron chi connectivity index (χ3n) is 2.19. The van der Waals surface area contributed by atoms with E-state index in [0.717, 1.165) is 5.56 Å². The van der Waals surface area contributed by atoms with Crippen molar-refractivity contribution in [2.75, 3.05) is 0 Å². The number of hydrogen-bond acceptors (Lipinski definition) is 0. The van der Waals surface area contributed by atoms with Crippen LogP contribution in [-0.4, -0.2) is 0 Å². The summed E-state index contributed by atoms with van der Waals surface area (Å²) in [5.41, 5.74) is 2.19. The van der Waals surface area contributed by atoms with Gasteiger partial charge in [-0.1, -0.05) is 70.7 Å². The van der Waals surface area contributed by atoms with E-state index in [-0.39, 0.29) is 0 Å². The maximum atomic E-state index is 5.75. The minimum absolute atomic E-state index is 0.570. The zero-order valence-electron chi connectivity index (χ0n) is 9.68. The zero-order chi connectivity index (χ0) is 12.8. The highest BCUT2D eigenvalue weighted by Gasteiger charge is 2.00. The van der Waals surface area contributed by atoms with Crippen LogP contribution in [0.4, 0.5) is 0 Å². The monoisotopic (exact) mass is 286 g/mol. The maximum absolute atomic E-state index is 5.75. The first kappa shape index (κ1) is 14.4. The fourth-order valence-electron chi connectivity index (χ4n) is 1.15. The second-order valence-corrected chi connectivity index (χ2v) is 4.90. The molecule has 0 unspecified atom stereocenters. The van der Waals surface area contributed by atoms with Crippen LogP contribution in [0, 0.1) is 13.8 Å². The van der Waals surface area contributed by atoms with Crippen molar-refractivity contribution in [3.63, 3.8) is 0 Å². The Morgan fingerprint density at radius 3 is 1.59 bits per heavy atom. The van der Waals surface area contributed by atoms with Crippen LogP contribution in [0.2, 0.25) is 15.1 Å². The Morgan fingerprint density at radius 2 is 1.24 bits per heavy atom. The lowest BCUT2D eigenvalue weighted by atomic mass is 10.2. The van der Waals surface area contributed by atoms with Gasteiger partial charge in [0.15, 0.2) is 0 Å². The molecule has 2 aromatic rings. The van der Waals surface area contributed by atoms with Crippen molar-refractivity contribution in [1.29, 1.82) is 0 Å². The molecule has 0 aliphatic rings. The molecule has 3 heteroatoms. The number of halogens is 3. The van der Waals surface area contributed by atoms with Gasteiger partial charge in [0, 0.05) is 15.1 Å². The third-order valence-corrected chi connectivity index (χ3v) is 3.19. The largest absolute Gasteiger partial charge is 0.0842 e. The molecular formula is C14H13Cl3. The van der Waals surface area contributed by atoms with Crippen LogP contribution in [-0.2, 0) is 0 Å². The van der Waals surface area contributed by atoms with E-state index >= 15 is 0 Å². The Labute approximate surface area is 117 Å². The summed E-state index contributed by atoms with van der Waals surface area (Å²) in [7, 11) is 0. The van der Waals surface area contributed by atoms with Gasteiger partial charge in [-0.15, -0.1) is 0 Å². The fourth-order valence-corrected chi connectivity index (χ4v) is 1.97. The van der Waals surface area contributed by atoms with Crippen LogP contribution in [0.15, 0.2) is 42.5 Å². The van der Waals surface area contributed by atoms with Gasteiger partial charge in [0.2, 0.25) is 0 Å². The first-order valence-electron chi connectivity index (χ1n) is 5.13. The molecule has 0 fully saturated rings.